The van der Waals surface area contributed by atoms with Crippen molar-refractivity contribution in [2.75, 3.05) is 6.61 Å². The van der Waals surface area contributed by atoms with Crippen molar-refractivity contribution in [2.45, 2.75) is 26.2 Å². The van der Waals surface area contributed by atoms with Crippen LogP contribution in [0, 0.1) is 0 Å². The molecule has 0 atom stereocenters. The number of hydrogen-bond donors (Lipinski definition) is 1. The molecule has 0 aliphatic rings. The Morgan fingerprint density at radius 2 is 2.00 bits per heavy atom. The second kappa shape index (κ2) is 8.21. The van der Waals surface area contributed by atoms with Gasteiger partial charge in [0.2, 0.25) is 0 Å². The minimum atomic E-state index is -0.454. The van der Waals surface area contributed by atoms with E-state index in [0.717, 1.165) is 19.3 Å². The van der Waals surface area contributed by atoms with Crippen molar-refractivity contribution in [3.8, 4) is 5.75 Å². The van der Waals surface area contributed by atoms with E-state index in [1.165, 1.54) is 6.07 Å². The van der Waals surface area contributed by atoms with Crippen LogP contribution in [0.3, 0.4) is 0 Å². The van der Waals surface area contributed by atoms with Crippen molar-refractivity contribution >= 4 is 23.3 Å². The number of carbonyl (C=O) groups excluding carboxylic acids is 1. The average Bonchev–Trinajstić information content (AvgIpc) is 2.25. The van der Waals surface area contributed by atoms with Gasteiger partial charge in [-0.2, -0.15) is 0 Å². The second-order valence-corrected chi connectivity index (χ2v) is 3.36. The van der Waals surface area contributed by atoms with Gasteiger partial charge < -0.3 is 9.84 Å². The van der Waals surface area contributed by atoms with Crippen LogP contribution in [0.25, 0.3) is 0 Å². The van der Waals surface area contributed by atoms with Crippen LogP contribution in [0.4, 0.5) is 0 Å². The zero-order valence-electron chi connectivity index (χ0n) is 8.90. The van der Waals surface area contributed by atoms with E-state index in [-0.39, 0.29) is 28.7 Å². The van der Waals surface area contributed by atoms with Gasteiger partial charge in [-0.3, -0.25) is 0 Å². The first-order valence-electron chi connectivity index (χ1n) is 5.20. The van der Waals surface area contributed by atoms with Gasteiger partial charge in [0, 0.05) is 0 Å². The summed E-state index contributed by atoms with van der Waals surface area (Å²) >= 11 is 0. The highest BCUT2D eigenvalue weighted by Gasteiger charge is 2.10. The molecule has 3 nitrogen and oxygen atoms in total. The van der Waals surface area contributed by atoms with Crippen molar-refractivity contribution in [2.24, 2.45) is 0 Å². The van der Waals surface area contributed by atoms with Crippen LogP contribution in [-0.4, -0.2) is 35.0 Å². The highest BCUT2D eigenvalue weighted by atomic mass is 27.0. The van der Waals surface area contributed by atoms with E-state index in [2.05, 4.69) is 6.92 Å². The summed E-state index contributed by atoms with van der Waals surface area (Å²) in [5.41, 5.74) is 0.231. The summed E-state index contributed by atoms with van der Waals surface area (Å²) in [6.07, 6.45) is 3.01. The number of esters is 1. The maximum Gasteiger partial charge on any atom is 0.341 e. The molecule has 0 saturated carbocycles. The lowest BCUT2D eigenvalue weighted by molar-refractivity contribution is 0.0495. The van der Waals surface area contributed by atoms with Gasteiger partial charge in [-0.1, -0.05) is 31.9 Å². The maximum absolute atomic E-state index is 11.4. The predicted octanol–water partition coefficient (Wildman–Crippen LogP) is 1.56. The molecule has 1 rings (SSSR count). The SMILES string of the molecule is CCCCCOC(=O)c1ccccc1O.[AlH3]. The Labute approximate surface area is 107 Å². The fourth-order valence-electron chi connectivity index (χ4n) is 1.24. The van der Waals surface area contributed by atoms with Gasteiger partial charge in [-0.05, 0) is 18.6 Å². The first kappa shape index (κ1) is 15.0. The van der Waals surface area contributed by atoms with Crippen molar-refractivity contribution in [3.63, 3.8) is 0 Å². The summed E-state index contributed by atoms with van der Waals surface area (Å²) in [7, 11) is 0. The van der Waals surface area contributed by atoms with E-state index in [1.807, 2.05) is 0 Å². The van der Waals surface area contributed by atoms with Crippen LogP contribution in [0.5, 0.6) is 5.75 Å². The first-order chi connectivity index (χ1) is 7.25. The Morgan fingerprint density at radius 3 is 2.62 bits per heavy atom. The molecular formula is C12H19AlO3. The Kier molecular flexibility index (Phi) is 7.71. The highest BCUT2D eigenvalue weighted by molar-refractivity contribution is 5.92. The van der Waals surface area contributed by atoms with Crippen LogP contribution in [0.1, 0.15) is 36.5 Å². The molecule has 0 aromatic heterocycles. The third-order valence-corrected chi connectivity index (χ3v) is 2.11. The molecule has 0 heterocycles. The lowest BCUT2D eigenvalue weighted by atomic mass is 10.2. The van der Waals surface area contributed by atoms with Gasteiger partial charge in [0.05, 0.1) is 6.61 Å². The zero-order valence-corrected chi connectivity index (χ0v) is 8.90. The molecule has 0 radical (unpaired) electrons. The van der Waals surface area contributed by atoms with Gasteiger partial charge in [0.25, 0.3) is 0 Å². The second-order valence-electron chi connectivity index (χ2n) is 3.36. The number of carbonyl (C=O) groups is 1. The van der Waals surface area contributed by atoms with Crippen LogP contribution in [0.15, 0.2) is 24.3 Å². The van der Waals surface area contributed by atoms with Crippen molar-refractivity contribution in [1.82, 2.24) is 0 Å². The van der Waals surface area contributed by atoms with Gasteiger partial charge in [0.1, 0.15) is 11.3 Å². The quantitative estimate of drug-likeness (QED) is 0.481. The Bertz CT molecular complexity index is 326. The summed E-state index contributed by atoms with van der Waals surface area (Å²) in [4.78, 5) is 11.4. The molecule has 0 spiro atoms. The predicted molar refractivity (Wildman–Crippen MR) is 67.9 cm³/mol. The smallest absolute Gasteiger partial charge is 0.341 e. The molecule has 4 heteroatoms. The minimum Gasteiger partial charge on any atom is -0.507 e. The van der Waals surface area contributed by atoms with E-state index in [9.17, 15) is 9.90 Å². The number of ether oxygens (including phenoxy) is 1. The van der Waals surface area contributed by atoms with Crippen LogP contribution in [-0.2, 0) is 4.74 Å². The van der Waals surface area contributed by atoms with E-state index < -0.39 is 5.97 Å². The fraction of sp³-hybridized carbons (Fsp3) is 0.417. The normalized spacial score (nSPS) is 9.31. The zero-order chi connectivity index (χ0) is 11.1. The molecule has 1 aromatic rings. The van der Waals surface area contributed by atoms with E-state index in [0.29, 0.717) is 6.61 Å². The molecule has 88 valence electrons. The topological polar surface area (TPSA) is 46.5 Å². The van der Waals surface area contributed by atoms with Gasteiger partial charge in [0.15, 0.2) is 17.4 Å². The molecule has 0 unspecified atom stereocenters. The maximum atomic E-state index is 11.4. The summed E-state index contributed by atoms with van der Waals surface area (Å²) < 4.78 is 5.01. The molecule has 0 fully saturated rings. The summed E-state index contributed by atoms with van der Waals surface area (Å²) in [5.74, 6) is -0.484. The van der Waals surface area contributed by atoms with Crippen molar-refractivity contribution < 1.29 is 14.6 Å². The molecular weight excluding hydrogens is 219 g/mol. The van der Waals surface area contributed by atoms with Crippen LogP contribution < -0.4 is 0 Å². The number of rotatable bonds is 5. The lowest BCUT2D eigenvalue weighted by Gasteiger charge is -2.05. The minimum absolute atomic E-state index is 0. The highest BCUT2D eigenvalue weighted by Crippen LogP contribution is 2.16. The number of aromatic hydroxyl groups is 1. The lowest BCUT2D eigenvalue weighted by Crippen LogP contribution is -2.06. The van der Waals surface area contributed by atoms with Gasteiger partial charge in [-0.25, -0.2) is 4.79 Å². The third kappa shape index (κ3) is 4.70. The van der Waals surface area contributed by atoms with E-state index >= 15 is 0 Å². The number of unbranched alkanes of at least 4 members (excludes halogenated alkanes) is 2. The molecule has 0 amide bonds. The molecule has 1 N–H and O–H groups in total. The fourth-order valence-corrected chi connectivity index (χ4v) is 1.24. The third-order valence-electron chi connectivity index (χ3n) is 2.11. The monoisotopic (exact) mass is 238 g/mol. The number of phenols is 1. The van der Waals surface area contributed by atoms with E-state index in [1.54, 1.807) is 18.2 Å². The van der Waals surface area contributed by atoms with E-state index in [4.69, 9.17) is 4.74 Å². The molecule has 1 aromatic carbocycles. The first-order valence-corrected chi connectivity index (χ1v) is 5.20. The molecule has 16 heavy (non-hydrogen) atoms. The summed E-state index contributed by atoms with van der Waals surface area (Å²) in [6, 6.07) is 6.39. The molecule has 0 bridgehead atoms. The van der Waals surface area contributed by atoms with Gasteiger partial charge >= 0.3 is 5.97 Å². The van der Waals surface area contributed by atoms with Crippen molar-refractivity contribution in [3.05, 3.63) is 29.8 Å². The Balaban J connectivity index is 0.00000225. The summed E-state index contributed by atoms with van der Waals surface area (Å²) in [6.45, 7) is 2.51. The summed E-state index contributed by atoms with van der Waals surface area (Å²) in [5, 5.41) is 9.38. The number of phenolic OH excluding ortho intramolecular Hbond substituents is 1. The number of para-hydroxylation sites is 1. The molecule has 0 aliphatic carbocycles. The Morgan fingerprint density at radius 1 is 1.31 bits per heavy atom. The van der Waals surface area contributed by atoms with Crippen molar-refractivity contribution in [1.29, 1.82) is 0 Å². The largest absolute Gasteiger partial charge is 0.507 e. The van der Waals surface area contributed by atoms with Crippen LogP contribution >= 0.6 is 0 Å². The molecule has 0 saturated heterocycles. The Hall–Kier alpha value is -0.978. The molecule has 0 aliphatic heterocycles. The number of hydrogen-bond acceptors (Lipinski definition) is 3. The average molecular weight is 238 g/mol. The number of benzene rings is 1. The van der Waals surface area contributed by atoms with Gasteiger partial charge in [-0.15, -0.1) is 0 Å². The van der Waals surface area contributed by atoms with Crippen LogP contribution in [0.2, 0.25) is 0 Å². The standard InChI is InChI=1S/C12H16O3.Al.3H/c1-2-3-6-9-15-12(14)10-7-4-5-8-11(10)13;;;;/h4-5,7-8,13H,2-3,6,9H2,1H3;;;;.